The van der Waals surface area contributed by atoms with E-state index in [9.17, 15) is 13.2 Å². The predicted molar refractivity (Wildman–Crippen MR) is 115 cm³/mol. The number of sulfonamides is 1. The number of ether oxygens (including phenoxy) is 1. The fourth-order valence-electron chi connectivity index (χ4n) is 3.24. The van der Waals surface area contributed by atoms with Crippen LogP contribution < -0.4 is 9.46 Å². The number of carbonyl (C=O) groups excluding carboxylic acids is 1. The highest BCUT2D eigenvalue weighted by Crippen LogP contribution is 2.30. The number of nitrogens with zero attached hydrogens (tertiary/aromatic N) is 1. The average Bonchev–Trinajstić information content (AvgIpc) is 2.99. The first kappa shape index (κ1) is 21.7. The van der Waals surface area contributed by atoms with Crippen LogP contribution in [0.2, 0.25) is 10.0 Å². The zero-order valence-electron chi connectivity index (χ0n) is 16.0. The Morgan fingerprint density at radius 3 is 2.38 bits per heavy atom. The third-order valence-electron chi connectivity index (χ3n) is 4.78. The van der Waals surface area contributed by atoms with E-state index in [0.29, 0.717) is 23.9 Å². The Bertz CT molecular complexity index is 1000. The number of hydrogen-bond donors (Lipinski definition) is 1. The predicted octanol–water partition coefficient (Wildman–Crippen LogP) is 4.82. The van der Waals surface area contributed by atoms with Crippen LogP contribution in [0.3, 0.4) is 0 Å². The van der Waals surface area contributed by atoms with Gasteiger partial charge in [0.2, 0.25) is 0 Å². The third kappa shape index (κ3) is 5.15. The maximum Gasteiger partial charge on any atom is 0.261 e. The normalized spacial score (nSPS) is 14.9. The highest BCUT2D eigenvalue weighted by molar-refractivity contribution is 7.92. The van der Waals surface area contributed by atoms with E-state index in [1.807, 2.05) is 0 Å². The number of nitrogens with one attached hydrogen (secondary N) is 1. The van der Waals surface area contributed by atoms with Gasteiger partial charge >= 0.3 is 0 Å². The maximum absolute atomic E-state index is 13.1. The molecule has 0 aliphatic carbocycles. The summed E-state index contributed by atoms with van der Waals surface area (Å²) in [5.41, 5.74) is 0.379. The number of rotatable bonds is 5. The molecule has 0 bridgehead atoms. The lowest BCUT2D eigenvalue weighted by Gasteiger charge is -2.22. The SMILES string of the molecule is COc1ccc(S(=O)(=O)Nc2cc(Cl)ccc2Cl)cc1C(=O)N1CCCCCC1. The summed E-state index contributed by atoms with van der Waals surface area (Å²) in [6, 6.07) is 8.70. The van der Waals surface area contributed by atoms with Gasteiger partial charge in [-0.1, -0.05) is 36.0 Å². The second-order valence-electron chi connectivity index (χ2n) is 6.80. The lowest BCUT2D eigenvalue weighted by Crippen LogP contribution is -2.32. The van der Waals surface area contributed by atoms with E-state index in [0.717, 1.165) is 25.7 Å². The van der Waals surface area contributed by atoms with Crippen LogP contribution in [0, 0.1) is 0 Å². The molecule has 0 aromatic heterocycles. The molecular weight excluding hydrogens is 435 g/mol. The van der Waals surface area contributed by atoms with Crippen molar-refractivity contribution in [2.45, 2.75) is 30.6 Å². The van der Waals surface area contributed by atoms with Crippen LogP contribution in [0.1, 0.15) is 36.0 Å². The third-order valence-corrected chi connectivity index (χ3v) is 6.71. The van der Waals surface area contributed by atoms with Crippen LogP contribution in [0.5, 0.6) is 5.75 Å². The fraction of sp³-hybridized carbons (Fsp3) is 0.350. The standard InChI is InChI=1S/C20H22Cl2N2O4S/c1-28-19-9-7-15(13-16(19)20(25)24-10-4-2-3-5-11-24)29(26,27)23-18-12-14(21)6-8-17(18)22/h6-9,12-13,23H,2-5,10-11H2,1H3. The number of halogens is 2. The van der Waals surface area contributed by atoms with E-state index < -0.39 is 10.0 Å². The largest absolute Gasteiger partial charge is 0.496 e. The maximum atomic E-state index is 13.1. The summed E-state index contributed by atoms with van der Waals surface area (Å²) in [4.78, 5) is 14.8. The molecule has 0 radical (unpaired) electrons. The molecule has 0 unspecified atom stereocenters. The van der Waals surface area contributed by atoms with Crippen LogP contribution in [-0.2, 0) is 10.0 Å². The molecule has 1 N–H and O–H groups in total. The lowest BCUT2D eigenvalue weighted by molar-refractivity contribution is 0.0758. The van der Waals surface area contributed by atoms with Gasteiger partial charge in [0.25, 0.3) is 15.9 Å². The Kier molecular flexibility index (Phi) is 6.93. The highest BCUT2D eigenvalue weighted by atomic mass is 35.5. The highest BCUT2D eigenvalue weighted by Gasteiger charge is 2.24. The minimum absolute atomic E-state index is 0.0625. The van der Waals surface area contributed by atoms with Gasteiger partial charge in [0.15, 0.2) is 0 Å². The molecule has 1 saturated heterocycles. The van der Waals surface area contributed by atoms with Crippen molar-refractivity contribution in [2.24, 2.45) is 0 Å². The summed E-state index contributed by atoms with van der Waals surface area (Å²) in [5.74, 6) is 0.0978. The van der Waals surface area contributed by atoms with E-state index in [4.69, 9.17) is 27.9 Å². The second-order valence-corrected chi connectivity index (χ2v) is 9.32. The first-order valence-corrected chi connectivity index (χ1v) is 11.5. The molecule has 0 saturated carbocycles. The topological polar surface area (TPSA) is 75.7 Å². The molecular formula is C20H22Cl2N2O4S. The monoisotopic (exact) mass is 456 g/mol. The molecule has 1 amide bonds. The summed E-state index contributed by atoms with van der Waals surface area (Å²) >= 11 is 12.0. The molecule has 2 aromatic carbocycles. The van der Waals surface area contributed by atoms with Gasteiger partial charge < -0.3 is 9.64 Å². The minimum atomic E-state index is -3.99. The summed E-state index contributed by atoms with van der Waals surface area (Å²) < 4.78 is 33.5. The van der Waals surface area contributed by atoms with Crippen LogP contribution in [0.15, 0.2) is 41.3 Å². The van der Waals surface area contributed by atoms with Crippen LogP contribution in [0.4, 0.5) is 5.69 Å². The number of hydrogen-bond acceptors (Lipinski definition) is 4. The van der Waals surface area contributed by atoms with Crippen molar-refractivity contribution in [3.63, 3.8) is 0 Å². The van der Waals surface area contributed by atoms with Crippen molar-refractivity contribution in [3.05, 3.63) is 52.0 Å². The number of carbonyl (C=O) groups is 1. The Hall–Kier alpha value is -1.96. The molecule has 29 heavy (non-hydrogen) atoms. The number of anilines is 1. The van der Waals surface area contributed by atoms with E-state index >= 15 is 0 Å². The first-order valence-electron chi connectivity index (χ1n) is 9.27. The Morgan fingerprint density at radius 1 is 1.03 bits per heavy atom. The molecule has 3 rings (SSSR count). The van der Waals surface area contributed by atoms with Crippen molar-refractivity contribution in [1.82, 2.24) is 4.90 Å². The van der Waals surface area contributed by atoms with Crippen molar-refractivity contribution >= 4 is 44.8 Å². The van der Waals surface area contributed by atoms with Crippen molar-refractivity contribution in [2.75, 3.05) is 24.9 Å². The lowest BCUT2D eigenvalue weighted by atomic mass is 10.1. The van der Waals surface area contributed by atoms with Crippen LogP contribution >= 0.6 is 23.2 Å². The molecule has 1 aliphatic heterocycles. The van der Waals surface area contributed by atoms with Crippen molar-refractivity contribution in [3.8, 4) is 5.75 Å². The minimum Gasteiger partial charge on any atom is -0.496 e. The van der Waals surface area contributed by atoms with Crippen molar-refractivity contribution < 1.29 is 17.9 Å². The average molecular weight is 457 g/mol. The second kappa shape index (κ2) is 9.24. The Balaban J connectivity index is 1.94. The van der Waals surface area contributed by atoms with E-state index in [1.165, 1.54) is 37.4 Å². The molecule has 1 heterocycles. The fourth-order valence-corrected chi connectivity index (χ4v) is 4.73. The molecule has 6 nitrogen and oxygen atoms in total. The number of benzene rings is 2. The summed E-state index contributed by atoms with van der Waals surface area (Å²) in [5, 5.41) is 0.561. The van der Waals surface area contributed by atoms with Crippen LogP contribution in [0.25, 0.3) is 0 Å². The quantitative estimate of drug-likeness (QED) is 0.699. The van der Waals surface area contributed by atoms with E-state index in [2.05, 4.69) is 4.72 Å². The number of likely N-dealkylation sites (tertiary alicyclic amines) is 1. The molecule has 2 aromatic rings. The van der Waals surface area contributed by atoms with Gasteiger partial charge in [-0.05, 0) is 49.2 Å². The van der Waals surface area contributed by atoms with Gasteiger partial charge in [-0.2, -0.15) is 0 Å². The molecule has 0 atom stereocenters. The molecule has 1 aliphatic rings. The number of amides is 1. The first-order chi connectivity index (χ1) is 13.8. The smallest absolute Gasteiger partial charge is 0.261 e. The van der Waals surface area contributed by atoms with Gasteiger partial charge in [0, 0.05) is 18.1 Å². The van der Waals surface area contributed by atoms with Gasteiger partial charge in [-0.25, -0.2) is 8.42 Å². The van der Waals surface area contributed by atoms with Crippen LogP contribution in [-0.4, -0.2) is 39.4 Å². The molecule has 0 spiro atoms. The zero-order valence-corrected chi connectivity index (χ0v) is 18.3. The summed E-state index contributed by atoms with van der Waals surface area (Å²) in [6.45, 7) is 1.30. The summed E-state index contributed by atoms with van der Waals surface area (Å²) in [6.07, 6.45) is 4.03. The van der Waals surface area contributed by atoms with Gasteiger partial charge in [-0.3, -0.25) is 9.52 Å². The summed E-state index contributed by atoms with van der Waals surface area (Å²) in [7, 11) is -2.54. The molecule has 1 fully saturated rings. The van der Waals surface area contributed by atoms with Crippen molar-refractivity contribution in [1.29, 1.82) is 0 Å². The van der Waals surface area contributed by atoms with E-state index in [-0.39, 0.29) is 27.1 Å². The molecule has 9 heteroatoms. The Labute approximate surface area is 180 Å². The van der Waals surface area contributed by atoms with Gasteiger partial charge in [0.1, 0.15) is 5.75 Å². The zero-order chi connectivity index (χ0) is 21.0. The Morgan fingerprint density at radius 2 is 1.72 bits per heavy atom. The molecule has 156 valence electrons. The van der Waals surface area contributed by atoms with Gasteiger partial charge in [-0.15, -0.1) is 0 Å². The van der Waals surface area contributed by atoms with Gasteiger partial charge in [0.05, 0.1) is 28.3 Å². The van der Waals surface area contributed by atoms with E-state index in [1.54, 1.807) is 11.0 Å². The number of methoxy groups -OCH3 is 1.